The monoisotopic (exact) mass is 507 g/mol. The lowest BCUT2D eigenvalue weighted by atomic mass is 10.1. The maximum absolute atomic E-state index is 13.3. The molecule has 1 aromatic heterocycles. The number of benzene rings is 3. The molecule has 0 saturated carbocycles. The summed E-state index contributed by atoms with van der Waals surface area (Å²) in [4.78, 5) is 18.0. The minimum Gasteiger partial charge on any atom is -0.488 e. The summed E-state index contributed by atoms with van der Waals surface area (Å²) in [6.45, 7) is 4.36. The molecule has 1 atom stereocenters. The molecule has 0 aliphatic heterocycles. The number of para-hydroxylation sites is 1. The highest BCUT2D eigenvalue weighted by Gasteiger charge is 2.15. The fraction of sp³-hybridized carbons (Fsp3) is 0.192. The second-order valence-corrected chi connectivity index (χ2v) is 8.67. The van der Waals surface area contributed by atoms with Gasteiger partial charge in [0.15, 0.2) is 0 Å². The van der Waals surface area contributed by atoms with Gasteiger partial charge in [-0.25, -0.2) is 9.37 Å². The zero-order valence-electron chi connectivity index (χ0n) is 18.3. The topological polar surface area (TPSA) is 56.5 Å². The van der Waals surface area contributed by atoms with Crippen LogP contribution in [0.15, 0.2) is 81.1 Å². The van der Waals surface area contributed by atoms with Gasteiger partial charge < -0.3 is 4.74 Å². The average Bonchev–Trinajstić information content (AvgIpc) is 2.83. The van der Waals surface area contributed by atoms with E-state index in [1.165, 1.54) is 16.8 Å². The molecule has 0 radical (unpaired) electrons. The molecular formula is C26H23BrFN3O2. The van der Waals surface area contributed by atoms with Gasteiger partial charge in [0.1, 0.15) is 24.0 Å². The zero-order chi connectivity index (χ0) is 23.4. The van der Waals surface area contributed by atoms with Gasteiger partial charge in [-0.05, 0) is 54.4 Å². The fourth-order valence-electron chi connectivity index (χ4n) is 3.36. The molecule has 0 saturated heterocycles. The quantitative estimate of drug-likeness (QED) is 0.277. The maximum Gasteiger partial charge on any atom is 0.282 e. The van der Waals surface area contributed by atoms with Gasteiger partial charge >= 0.3 is 0 Å². The molecule has 0 aliphatic carbocycles. The Morgan fingerprint density at radius 2 is 1.91 bits per heavy atom. The van der Waals surface area contributed by atoms with Crippen molar-refractivity contribution in [3.8, 4) is 5.75 Å². The first kappa shape index (κ1) is 22.9. The molecule has 4 aromatic rings. The van der Waals surface area contributed by atoms with Crippen molar-refractivity contribution in [1.82, 2.24) is 9.66 Å². The zero-order valence-corrected chi connectivity index (χ0v) is 19.9. The second kappa shape index (κ2) is 10.1. The highest BCUT2D eigenvalue weighted by molar-refractivity contribution is 9.10. The van der Waals surface area contributed by atoms with Crippen molar-refractivity contribution >= 4 is 33.0 Å². The van der Waals surface area contributed by atoms with E-state index in [-0.39, 0.29) is 23.9 Å². The number of fused-ring (bicyclic) bond motifs is 1. The van der Waals surface area contributed by atoms with Gasteiger partial charge in [0.05, 0.1) is 17.1 Å². The molecule has 0 bridgehead atoms. The molecule has 4 rings (SSSR count). The van der Waals surface area contributed by atoms with E-state index in [9.17, 15) is 9.18 Å². The predicted molar refractivity (Wildman–Crippen MR) is 133 cm³/mol. The molecule has 0 unspecified atom stereocenters. The minimum absolute atomic E-state index is 0.0490. The van der Waals surface area contributed by atoms with Gasteiger partial charge in [0.25, 0.3) is 5.56 Å². The van der Waals surface area contributed by atoms with Crippen LogP contribution < -0.4 is 10.3 Å². The fourth-order valence-corrected chi connectivity index (χ4v) is 3.72. The van der Waals surface area contributed by atoms with Crippen LogP contribution in [0.2, 0.25) is 0 Å². The number of ether oxygens (including phenoxy) is 1. The van der Waals surface area contributed by atoms with Crippen molar-refractivity contribution < 1.29 is 9.13 Å². The molecule has 3 aromatic carbocycles. The smallest absolute Gasteiger partial charge is 0.282 e. The van der Waals surface area contributed by atoms with E-state index in [1.807, 2.05) is 43.3 Å². The lowest BCUT2D eigenvalue weighted by molar-refractivity contribution is 0.305. The van der Waals surface area contributed by atoms with Crippen LogP contribution in [0.4, 0.5) is 4.39 Å². The third-order valence-electron chi connectivity index (χ3n) is 5.43. The van der Waals surface area contributed by atoms with E-state index >= 15 is 0 Å². The van der Waals surface area contributed by atoms with Crippen LogP contribution >= 0.6 is 15.9 Å². The van der Waals surface area contributed by atoms with Gasteiger partial charge in [0.2, 0.25) is 0 Å². The summed E-state index contributed by atoms with van der Waals surface area (Å²) in [7, 11) is 0. The Morgan fingerprint density at radius 1 is 1.15 bits per heavy atom. The van der Waals surface area contributed by atoms with Crippen LogP contribution in [-0.4, -0.2) is 15.9 Å². The molecule has 5 nitrogen and oxygen atoms in total. The number of hydrogen-bond donors (Lipinski definition) is 0. The van der Waals surface area contributed by atoms with Crippen LogP contribution in [0.1, 0.15) is 43.1 Å². The standard InChI is InChI=1S/C26H23BrFN3O2/c1-3-17(2)25-30-23-13-10-20(27)14-22(23)26(32)31(25)29-15-19-6-4-5-7-24(19)33-16-18-8-11-21(28)12-9-18/h4-15,17H,3,16H2,1-2H3/t17-/m1/s1. The Balaban J connectivity index is 1.70. The molecule has 168 valence electrons. The first-order valence-corrected chi connectivity index (χ1v) is 11.5. The lowest BCUT2D eigenvalue weighted by Crippen LogP contribution is -2.23. The largest absolute Gasteiger partial charge is 0.488 e. The summed E-state index contributed by atoms with van der Waals surface area (Å²) in [5.41, 5.74) is 1.99. The molecule has 33 heavy (non-hydrogen) atoms. The highest BCUT2D eigenvalue weighted by Crippen LogP contribution is 2.22. The van der Waals surface area contributed by atoms with Gasteiger partial charge in [-0.2, -0.15) is 9.78 Å². The minimum atomic E-state index is -0.287. The first-order chi connectivity index (χ1) is 16.0. The Hall–Kier alpha value is -3.32. The summed E-state index contributed by atoms with van der Waals surface area (Å²) in [5.74, 6) is 0.983. The Kier molecular flexibility index (Phi) is 6.99. The molecule has 0 aliphatic rings. The number of halogens is 2. The second-order valence-electron chi connectivity index (χ2n) is 7.76. The number of aromatic nitrogens is 2. The van der Waals surface area contributed by atoms with Crippen molar-refractivity contribution in [2.24, 2.45) is 5.10 Å². The average molecular weight is 508 g/mol. The van der Waals surface area contributed by atoms with Gasteiger partial charge in [0, 0.05) is 16.0 Å². The molecular weight excluding hydrogens is 485 g/mol. The van der Waals surface area contributed by atoms with Gasteiger partial charge in [-0.1, -0.05) is 54.0 Å². The van der Waals surface area contributed by atoms with Crippen LogP contribution in [0.3, 0.4) is 0 Å². The summed E-state index contributed by atoms with van der Waals surface area (Å²) in [6, 6.07) is 19.1. The summed E-state index contributed by atoms with van der Waals surface area (Å²) < 4.78 is 21.3. The van der Waals surface area contributed by atoms with E-state index in [2.05, 4.69) is 28.0 Å². The van der Waals surface area contributed by atoms with Crippen molar-refractivity contribution in [2.45, 2.75) is 32.8 Å². The predicted octanol–water partition coefficient (Wildman–Crippen LogP) is 6.27. The van der Waals surface area contributed by atoms with Crippen molar-refractivity contribution in [3.63, 3.8) is 0 Å². The first-order valence-electron chi connectivity index (χ1n) is 10.7. The summed E-state index contributed by atoms with van der Waals surface area (Å²) >= 11 is 3.43. The molecule has 0 N–H and O–H groups in total. The molecule has 1 heterocycles. The van der Waals surface area contributed by atoms with Crippen molar-refractivity contribution in [1.29, 1.82) is 0 Å². The van der Waals surface area contributed by atoms with E-state index in [0.29, 0.717) is 22.5 Å². The van der Waals surface area contributed by atoms with Gasteiger partial charge in [-0.15, -0.1) is 0 Å². The summed E-state index contributed by atoms with van der Waals surface area (Å²) in [6.07, 6.45) is 2.43. The Morgan fingerprint density at radius 3 is 2.67 bits per heavy atom. The van der Waals surface area contributed by atoms with Crippen LogP contribution in [0.25, 0.3) is 10.9 Å². The third-order valence-corrected chi connectivity index (χ3v) is 5.92. The number of rotatable bonds is 7. The van der Waals surface area contributed by atoms with Crippen molar-refractivity contribution in [2.75, 3.05) is 0 Å². The molecule has 0 spiro atoms. The Labute approximate surface area is 199 Å². The maximum atomic E-state index is 13.3. The number of nitrogens with zero attached hydrogens (tertiary/aromatic N) is 3. The van der Waals surface area contributed by atoms with E-state index in [4.69, 9.17) is 9.72 Å². The Bertz CT molecular complexity index is 1370. The van der Waals surface area contributed by atoms with Crippen LogP contribution in [0.5, 0.6) is 5.75 Å². The third kappa shape index (κ3) is 5.20. The highest BCUT2D eigenvalue weighted by atomic mass is 79.9. The van der Waals surface area contributed by atoms with E-state index < -0.39 is 0 Å². The van der Waals surface area contributed by atoms with E-state index in [1.54, 1.807) is 24.4 Å². The SMILES string of the molecule is CC[C@@H](C)c1nc2ccc(Br)cc2c(=O)n1N=Cc1ccccc1OCc1ccc(F)cc1. The summed E-state index contributed by atoms with van der Waals surface area (Å²) in [5, 5.41) is 5.02. The molecule has 0 fully saturated rings. The molecule has 0 amide bonds. The van der Waals surface area contributed by atoms with Crippen molar-refractivity contribution in [3.05, 3.63) is 104 Å². The van der Waals surface area contributed by atoms with Gasteiger partial charge in [-0.3, -0.25) is 4.79 Å². The van der Waals surface area contributed by atoms with E-state index in [0.717, 1.165) is 22.0 Å². The molecule has 7 heteroatoms. The lowest BCUT2D eigenvalue weighted by Gasteiger charge is -2.14. The van der Waals surface area contributed by atoms with Crippen LogP contribution in [-0.2, 0) is 6.61 Å². The number of hydrogen-bond acceptors (Lipinski definition) is 4. The van der Waals surface area contributed by atoms with Crippen LogP contribution in [0, 0.1) is 5.82 Å². The normalized spacial score (nSPS) is 12.4.